The second-order valence-electron chi connectivity index (χ2n) is 2.52. The van der Waals surface area contributed by atoms with Gasteiger partial charge in [0.1, 0.15) is 5.69 Å². The van der Waals surface area contributed by atoms with Gasteiger partial charge in [0.2, 0.25) is 0 Å². The highest BCUT2D eigenvalue weighted by Gasteiger charge is 2.18. The van der Waals surface area contributed by atoms with Crippen LogP contribution in [0.1, 0.15) is 28.0 Å². The number of hydrogen-bond donors (Lipinski definition) is 1. The fourth-order valence-corrected chi connectivity index (χ4v) is 1.84. The summed E-state index contributed by atoms with van der Waals surface area (Å²) in [6.45, 7) is 0.112. The number of halogens is 3. The third-order valence-corrected chi connectivity index (χ3v) is 2.84. The summed E-state index contributed by atoms with van der Waals surface area (Å²) in [5.41, 5.74) is 5.65. The van der Waals surface area contributed by atoms with Crippen LogP contribution in [-0.2, 0) is 6.54 Å². The molecule has 1 rings (SSSR count). The van der Waals surface area contributed by atoms with E-state index in [4.69, 9.17) is 5.73 Å². The minimum Gasteiger partial charge on any atom is -0.326 e. The Kier molecular flexibility index (Phi) is 3.87. The molecule has 0 saturated heterocycles. The van der Waals surface area contributed by atoms with Crippen molar-refractivity contribution in [3.05, 3.63) is 26.6 Å². The van der Waals surface area contributed by atoms with Gasteiger partial charge in [-0.1, -0.05) is 0 Å². The van der Waals surface area contributed by atoms with Crippen molar-refractivity contribution in [1.82, 2.24) is 4.98 Å². The van der Waals surface area contributed by atoms with E-state index < -0.39 is 6.43 Å². The molecule has 14 heavy (non-hydrogen) atoms. The van der Waals surface area contributed by atoms with Gasteiger partial charge in [0.15, 0.2) is 6.29 Å². The van der Waals surface area contributed by atoms with E-state index in [-0.39, 0.29) is 21.4 Å². The number of aldehydes is 1. The first-order chi connectivity index (χ1) is 6.61. The van der Waals surface area contributed by atoms with Crippen LogP contribution in [0.5, 0.6) is 0 Å². The van der Waals surface area contributed by atoms with Gasteiger partial charge < -0.3 is 5.73 Å². The van der Waals surface area contributed by atoms with E-state index in [0.717, 1.165) is 0 Å². The van der Waals surface area contributed by atoms with Gasteiger partial charge in [0, 0.05) is 18.3 Å². The summed E-state index contributed by atoms with van der Waals surface area (Å²) in [6.07, 6.45) is -0.933. The molecule has 0 spiro atoms. The molecule has 0 saturated carbocycles. The second kappa shape index (κ2) is 4.74. The first kappa shape index (κ1) is 11.4. The van der Waals surface area contributed by atoms with Gasteiger partial charge in [-0.25, -0.2) is 8.78 Å². The molecule has 0 amide bonds. The average molecular weight is 312 g/mol. The standard InChI is InChI=1S/C8H7F2IN2O/c9-8(10)7-6(11)5(3-14)4(1-12)2-13-7/h2-3,8H,1,12H2. The smallest absolute Gasteiger partial charge is 0.281 e. The van der Waals surface area contributed by atoms with Crippen molar-refractivity contribution in [2.45, 2.75) is 13.0 Å². The molecule has 0 aliphatic heterocycles. The minimum atomic E-state index is -2.67. The first-order valence-electron chi connectivity index (χ1n) is 3.72. The zero-order chi connectivity index (χ0) is 10.7. The summed E-state index contributed by atoms with van der Waals surface area (Å²) >= 11 is 1.68. The third kappa shape index (κ3) is 2.06. The summed E-state index contributed by atoms with van der Waals surface area (Å²) in [5.74, 6) is 0. The van der Waals surface area contributed by atoms with Gasteiger partial charge in [0.25, 0.3) is 6.43 Å². The number of carbonyl (C=O) groups is 1. The van der Waals surface area contributed by atoms with Crippen LogP contribution in [0.4, 0.5) is 8.78 Å². The highest BCUT2D eigenvalue weighted by Crippen LogP contribution is 2.25. The molecule has 0 atom stereocenters. The van der Waals surface area contributed by atoms with Crippen molar-refractivity contribution >= 4 is 28.9 Å². The zero-order valence-corrected chi connectivity index (χ0v) is 9.16. The summed E-state index contributed by atoms with van der Waals surface area (Å²) in [7, 11) is 0. The Morgan fingerprint density at radius 2 is 2.29 bits per heavy atom. The first-order valence-corrected chi connectivity index (χ1v) is 4.80. The lowest BCUT2D eigenvalue weighted by Gasteiger charge is -2.07. The van der Waals surface area contributed by atoms with Gasteiger partial charge in [-0.15, -0.1) is 0 Å². The minimum absolute atomic E-state index is 0.112. The molecule has 0 radical (unpaired) electrons. The molecule has 2 N–H and O–H groups in total. The Balaban J connectivity index is 3.34. The molecule has 1 heterocycles. The van der Waals surface area contributed by atoms with Crippen molar-refractivity contribution in [3.63, 3.8) is 0 Å². The van der Waals surface area contributed by atoms with Gasteiger partial charge in [-0.3, -0.25) is 9.78 Å². The molecule has 3 nitrogen and oxygen atoms in total. The number of aromatic nitrogens is 1. The largest absolute Gasteiger partial charge is 0.326 e. The van der Waals surface area contributed by atoms with Crippen molar-refractivity contribution < 1.29 is 13.6 Å². The Bertz CT molecular complexity index is 357. The van der Waals surface area contributed by atoms with Crippen LogP contribution in [-0.4, -0.2) is 11.3 Å². The van der Waals surface area contributed by atoms with Crippen LogP contribution >= 0.6 is 22.6 Å². The van der Waals surface area contributed by atoms with E-state index in [1.165, 1.54) is 6.20 Å². The van der Waals surface area contributed by atoms with Gasteiger partial charge in [-0.05, 0) is 28.2 Å². The maximum Gasteiger partial charge on any atom is 0.281 e. The van der Waals surface area contributed by atoms with Crippen molar-refractivity contribution in [3.8, 4) is 0 Å². The van der Waals surface area contributed by atoms with Crippen molar-refractivity contribution in [2.75, 3.05) is 0 Å². The van der Waals surface area contributed by atoms with Gasteiger partial charge in [0.05, 0.1) is 3.57 Å². The molecule has 0 bridgehead atoms. The predicted octanol–water partition coefficient (Wildman–Crippen LogP) is 1.89. The lowest BCUT2D eigenvalue weighted by molar-refractivity contribution is 0.112. The van der Waals surface area contributed by atoms with E-state index >= 15 is 0 Å². The van der Waals surface area contributed by atoms with Crippen LogP contribution in [0, 0.1) is 3.57 Å². The fraction of sp³-hybridized carbons (Fsp3) is 0.250. The molecular weight excluding hydrogens is 305 g/mol. The summed E-state index contributed by atoms with van der Waals surface area (Å²) in [4.78, 5) is 14.2. The van der Waals surface area contributed by atoms with Crippen LogP contribution in [0.25, 0.3) is 0 Å². The van der Waals surface area contributed by atoms with E-state index in [0.29, 0.717) is 11.8 Å². The SMILES string of the molecule is NCc1cnc(C(F)F)c(I)c1C=O. The normalized spacial score (nSPS) is 10.6. The van der Waals surface area contributed by atoms with Gasteiger partial charge in [-0.2, -0.15) is 0 Å². The number of nitrogens with two attached hydrogens (primary N) is 1. The molecule has 6 heteroatoms. The number of rotatable bonds is 3. The monoisotopic (exact) mass is 312 g/mol. The molecule has 76 valence electrons. The fourth-order valence-electron chi connectivity index (χ4n) is 0.995. The predicted molar refractivity (Wildman–Crippen MR) is 55.2 cm³/mol. The Hall–Kier alpha value is -0.630. The Morgan fingerprint density at radius 3 is 2.71 bits per heavy atom. The second-order valence-corrected chi connectivity index (χ2v) is 3.60. The number of alkyl halides is 2. The Labute approximate surface area is 92.8 Å². The molecule has 0 fully saturated rings. The maximum absolute atomic E-state index is 12.4. The van der Waals surface area contributed by atoms with Crippen LogP contribution in [0.2, 0.25) is 0 Å². The lowest BCUT2D eigenvalue weighted by atomic mass is 10.1. The average Bonchev–Trinajstić information content (AvgIpc) is 2.16. The maximum atomic E-state index is 12.4. The van der Waals surface area contributed by atoms with Crippen LogP contribution in [0.15, 0.2) is 6.20 Å². The molecule has 1 aromatic rings. The lowest BCUT2D eigenvalue weighted by Crippen LogP contribution is -2.07. The van der Waals surface area contributed by atoms with E-state index in [1.54, 1.807) is 22.6 Å². The van der Waals surface area contributed by atoms with Crippen LogP contribution < -0.4 is 5.73 Å². The molecular formula is C8H7F2IN2O. The quantitative estimate of drug-likeness (QED) is 0.685. The van der Waals surface area contributed by atoms with Crippen molar-refractivity contribution in [1.29, 1.82) is 0 Å². The number of hydrogen-bond acceptors (Lipinski definition) is 3. The highest BCUT2D eigenvalue weighted by molar-refractivity contribution is 14.1. The van der Waals surface area contributed by atoms with Gasteiger partial charge >= 0.3 is 0 Å². The van der Waals surface area contributed by atoms with E-state index in [1.807, 2.05) is 0 Å². The number of carbonyl (C=O) groups excluding carboxylic acids is 1. The van der Waals surface area contributed by atoms with E-state index in [2.05, 4.69) is 4.98 Å². The number of nitrogens with zero attached hydrogens (tertiary/aromatic N) is 1. The zero-order valence-electron chi connectivity index (χ0n) is 7.01. The topological polar surface area (TPSA) is 56.0 Å². The van der Waals surface area contributed by atoms with Crippen molar-refractivity contribution in [2.24, 2.45) is 5.73 Å². The molecule has 0 aliphatic rings. The number of pyridine rings is 1. The van der Waals surface area contributed by atoms with E-state index in [9.17, 15) is 13.6 Å². The highest BCUT2D eigenvalue weighted by atomic mass is 127. The molecule has 0 unspecified atom stereocenters. The summed E-state index contributed by atoms with van der Waals surface area (Å²) in [5, 5.41) is 0. The molecule has 1 aromatic heterocycles. The summed E-state index contributed by atoms with van der Waals surface area (Å²) in [6, 6.07) is 0. The third-order valence-electron chi connectivity index (χ3n) is 1.71. The molecule has 0 aromatic carbocycles. The van der Waals surface area contributed by atoms with Crippen LogP contribution in [0.3, 0.4) is 0 Å². The summed E-state index contributed by atoms with van der Waals surface area (Å²) < 4.78 is 24.9. The molecule has 0 aliphatic carbocycles. The Morgan fingerprint density at radius 1 is 1.64 bits per heavy atom.